The van der Waals surface area contributed by atoms with Crippen LogP contribution in [0.1, 0.15) is 10.9 Å². The summed E-state index contributed by atoms with van der Waals surface area (Å²) in [6.45, 7) is 0. The first kappa shape index (κ1) is 15.1. The van der Waals surface area contributed by atoms with Crippen LogP contribution in [0.15, 0.2) is 36.5 Å². The molecule has 0 aliphatic carbocycles. The van der Waals surface area contributed by atoms with Crippen molar-refractivity contribution in [3.8, 4) is 10.6 Å². The van der Waals surface area contributed by atoms with Gasteiger partial charge in [0.1, 0.15) is 5.01 Å². The predicted octanol–water partition coefficient (Wildman–Crippen LogP) is 1.86. The molecule has 2 rings (SSSR count). The highest BCUT2D eigenvalue weighted by Gasteiger charge is 2.36. The van der Waals surface area contributed by atoms with Crippen molar-refractivity contribution in [3.63, 3.8) is 0 Å². The van der Waals surface area contributed by atoms with Gasteiger partial charge in [-0.25, -0.2) is 4.98 Å². The Balaban J connectivity index is 2.34. The number of aliphatic carboxylic acids is 2. The van der Waals surface area contributed by atoms with Gasteiger partial charge >= 0.3 is 11.9 Å². The minimum Gasteiger partial charge on any atom is -0.481 e. The molecule has 0 bridgehead atoms. The Morgan fingerprint density at radius 2 is 1.81 bits per heavy atom. The van der Waals surface area contributed by atoms with Crippen LogP contribution in [0.2, 0.25) is 0 Å². The van der Waals surface area contributed by atoms with Crippen LogP contribution in [0, 0.1) is 5.92 Å². The average Bonchev–Trinajstić information content (AvgIpc) is 2.94. The summed E-state index contributed by atoms with van der Waals surface area (Å²) < 4.78 is 0. The molecule has 0 amide bonds. The molecule has 1 aromatic heterocycles. The van der Waals surface area contributed by atoms with Gasteiger partial charge in [0.15, 0.2) is 5.92 Å². The van der Waals surface area contributed by atoms with Crippen LogP contribution >= 0.6 is 11.3 Å². The maximum atomic E-state index is 11.2. The second kappa shape index (κ2) is 6.47. The fourth-order valence-electron chi connectivity index (χ4n) is 2.01. The molecule has 0 aliphatic heterocycles. The number of nitrogens with one attached hydrogen (secondary N) is 1. The lowest BCUT2D eigenvalue weighted by Gasteiger charge is -2.18. The Bertz CT molecular complexity index is 627. The molecule has 1 atom stereocenters. The zero-order valence-electron chi connectivity index (χ0n) is 11.2. The van der Waals surface area contributed by atoms with Crippen molar-refractivity contribution in [1.82, 2.24) is 10.3 Å². The van der Waals surface area contributed by atoms with E-state index in [0.29, 0.717) is 4.88 Å². The number of thiazole rings is 1. The van der Waals surface area contributed by atoms with Gasteiger partial charge < -0.3 is 15.5 Å². The summed E-state index contributed by atoms with van der Waals surface area (Å²) >= 11 is 1.28. The largest absolute Gasteiger partial charge is 0.481 e. The lowest BCUT2D eigenvalue weighted by Crippen LogP contribution is -2.36. The van der Waals surface area contributed by atoms with Crippen LogP contribution in [0.3, 0.4) is 0 Å². The molecule has 0 saturated heterocycles. The number of carboxylic acid groups (broad SMARTS) is 2. The monoisotopic (exact) mass is 306 g/mol. The molecule has 1 unspecified atom stereocenters. The Labute approximate surface area is 125 Å². The highest BCUT2D eigenvalue weighted by Crippen LogP contribution is 2.32. The van der Waals surface area contributed by atoms with Crippen LogP contribution in [0.25, 0.3) is 10.6 Å². The third kappa shape index (κ3) is 3.26. The Morgan fingerprint density at radius 1 is 1.19 bits per heavy atom. The van der Waals surface area contributed by atoms with E-state index in [4.69, 9.17) is 10.2 Å². The van der Waals surface area contributed by atoms with Crippen molar-refractivity contribution in [2.45, 2.75) is 6.04 Å². The summed E-state index contributed by atoms with van der Waals surface area (Å²) in [5, 5.41) is 21.7. The van der Waals surface area contributed by atoms with E-state index in [0.717, 1.165) is 10.6 Å². The minimum absolute atomic E-state index is 0.575. The number of benzene rings is 1. The van der Waals surface area contributed by atoms with E-state index in [1.165, 1.54) is 24.6 Å². The van der Waals surface area contributed by atoms with Crippen LogP contribution < -0.4 is 5.32 Å². The number of carbonyl (C=O) groups is 2. The van der Waals surface area contributed by atoms with Crippen LogP contribution in [0.5, 0.6) is 0 Å². The predicted molar refractivity (Wildman–Crippen MR) is 78.1 cm³/mol. The molecule has 1 aromatic carbocycles. The molecule has 21 heavy (non-hydrogen) atoms. The van der Waals surface area contributed by atoms with E-state index >= 15 is 0 Å². The number of hydrogen-bond acceptors (Lipinski definition) is 5. The third-order valence-electron chi connectivity index (χ3n) is 3.03. The molecule has 6 nitrogen and oxygen atoms in total. The zero-order valence-corrected chi connectivity index (χ0v) is 12.0. The van der Waals surface area contributed by atoms with Crippen LogP contribution in [-0.4, -0.2) is 34.2 Å². The quantitative estimate of drug-likeness (QED) is 0.704. The van der Waals surface area contributed by atoms with Gasteiger partial charge in [-0.05, 0) is 7.05 Å². The van der Waals surface area contributed by atoms with Gasteiger partial charge in [-0.15, -0.1) is 11.3 Å². The highest BCUT2D eigenvalue weighted by atomic mass is 32.1. The SMILES string of the molecule is CNC(c1cnc(-c2ccccc2)s1)C(C(=O)O)C(=O)O. The first-order valence-corrected chi connectivity index (χ1v) is 7.00. The maximum Gasteiger partial charge on any atom is 0.319 e. The van der Waals surface area contributed by atoms with Gasteiger partial charge in [-0.2, -0.15) is 0 Å². The summed E-state index contributed by atoms with van der Waals surface area (Å²) in [7, 11) is 1.53. The van der Waals surface area contributed by atoms with Crippen molar-refractivity contribution in [2.75, 3.05) is 7.05 Å². The molecule has 0 saturated carbocycles. The van der Waals surface area contributed by atoms with E-state index < -0.39 is 23.9 Å². The standard InChI is InChI=1S/C14H14N2O4S/c1-15-11(10(13(17)18)14(19)20)9-7-16-12(21-9)8-5-3-2-4-6-8/h2-7,10-11,15H,1H3,(H,17,18)(H,19,20). The first-order valence-electron chi connectivity index (χ1n) is 6.18. The number of hydrogen-bond donors (Lipinski definition) is 3. The number of rotatable bonds is 6. The maximum absolute atomic E-state index is 11.2. The van der Waals surface area contributed by atoms with Gasteiger partial charge in [0, 0.05) is 16.6 Å². The van der Waals surface area contributed by atoms with Gasteiger partial charge in [0.2, 0.25) is 0 Å². The molecule has 2 aromatic rings. The summed E-state index contributed by atoms with van der Waals surface area (Å²) in [5.41, 5.74) is 0.908. The summed E-state index contributed by atoms with van der Waals surface area (Å²) in [5.74, 6) is -4.31. The molecular weight excluding hydrogens is 292 g/mol. The van der Waals surface area contributed by atoms with E-state index in [-0.39, 0.29) is 0 Å². The molecule has 7 heteroatoms. The molecular formula is C14H14N2O4S. The van der Waals surface area contributed by atoms with Gasteiger partial charge in [0.25, 0.3) is 0 Å². The van der Waals surface area contributed by atoms with Crippen LogP contribution in [-0.2, 0) is 9.59 Å². The molecule has 1 heterocycles. The van der Waals surface area contributed by atoms with E-state index in [9.17, 15) is 9.59 Å². The highest BCUT2D eigenvalue weighted by molar-refractivity contribution is 7.15. The molecule has 0 fully saturated rings. The van der Waals surface area contributed by atoms with Crippen molar-refractivity contribution in [2.24, 2.45) is 5.92 Å². The molecule has 0 aliphatic rings. The summed E-state index contributed by atoms with van der Waals surface area (Å²) in [4.78, 5) is 27.1. The fourth-order valence-corrected chi connectivity index (χ4v) is 3.08. The lowest BCUT2D eigenvalue weighted by molar-refractivity contribution is -0.156. The second-order valence-corrected chi connectivity index (χ2v) is 5.42. The average molecular weight is 306 g/mol. The minimum atomic E-state index is -1.56. The van der Waals surface area contributed by atoms with E-state index in [1.54, 1.807) is 0 Å². The topological polar surface area (TPSA) is 99.5 Å². The first-order chi connectivity index (χ1) is 10.0. The number of aromatic nitrogens is 1. The van der Waals surface area contributed by atoms with E-state index in [2.05, 4.69) is 10.3 Å². The number of carboxylic acids is 2. The van der Waals surface area contributed by atoms with Gasteiger partial charge in [-0.3, -0.25) is 9.59 Å². The molecule has 3 N–H and O–H groups in total. The van der Waals surface area contributed by atoms with Crippen molar-refractivity contribution >= 4 is 23.3 Å². The summed E-state index contributed by atoms with van der Waals surface area (Å²) in [6, 6.07) is 8.60. The normalized spacial score (nSPS) is 12.3. The fraction of sp³-hybridized carbons (Fsp3) is 0.214. The number of nitrogens with zero attached hydrogens (tertiary/aromatic N) is 1. The van der Waals surface area contributed by atoms with Crippen molar-refractivity contribution < 1.29 is 19.8 Å². The Kier molecular flexibility index (Phi) is 4.66. The summed E-state index contributed by atoms with van der Waals surface area (Å²) in [6.07, 6.45) is 1.52. The van der Waals surface area contributed by atoms with Crippen molar-refractivity contribution in [1.29, 1.82) is 0 Å². The molecule has 110 valence electrons. The molecule has 0 spiro atoms. The Morgan fingerprint density at radius 3 is 2.33 bits per heavy atom. The zero-order chi connectivity index (χ0) is 15.4. The van der Waals surface area contributed by atoms with Gasteiger partial charge in [0.05, 0.1) is 6.04 Å². The van der Waals surface area contributed by atoms with Crippen molar-refractivity contribution in [3.05, 3.63) is 41.4 Å². The van der Waals surface area contributed by atoms with E-state index in [1.807, 2.05) is 30.3 Å². The molecule has 0 radical (unpaired) electrons. The second-order valence-electron chi connectivity index (χ2n) is 4.35. The van der Waals surface area contributed by atoms with Gasteiger partial charge in [-0.1, -0.05) is 30.3 Å². The lowest BCUT2D eigenvalue weighted by atomic mass is 9.99. The third-order valence-corrected chi connectivity index (χ3v) is 4.16. The Hall–Kier alpha value is -2.25. The van der Waals surface area contributed by atoms with Crippen LogP contribution in [0.4, 0.5) is 0 Å². The smallest absolute Gasteiger partial charge is 0.319 e.